The van der Waals surface area contributed by atoms with E-state index in [1.165, 1.54) is 43.2 Å². The summed E-state index contributed by atoms with van der Waals surface area (Å²) in [5.41, 5.74) is 11.0. The first-order chi connectivity index (χ1) is 23.8. The lowest BCUT2D eigenvalue weighted by Gasteiger charge is -2.42. The summed E-state index contributed by atoms with van der Waals surface area (Å²) < 4.78 is 0. The van der Waals surface area contributed by atoms with Crippen LogP contribution in [0.15, 0.2) is 192 Å². The Bertz CT molecular complexity index is 2360. The van der Waals surface area contributed by atoms with E-state index in [-0.39, 0.29) is 0 Å². The van der Waals surface area contributed by atoms with Gasteiger partial charge in [-0.2, -0.15) is 0 Å². The molecule has 8 aromatic rings. The maximum Gasteiger partial charge on any atom is 0.160 e. The van der Waals surface area contributed by atoms with Crippen molar-refractivity contribution < 1.29 is 0 Å². The predicted octanol–water partition coefficient (Wildman–Crippen LogP) is 11.5. The Morgan fingerprint density at radius 3 is 1.69 bits per heavy atom. The Morgan fingerprint density at radius 2 is 0.958 bits per heavy atom. The van der Waals surface area contributed by atoms with Crippen molar-refractivity contribution in [1.82, 2.24) is 9.97 Å². The van der Waals surface area contributed by atoms with Crippen molar-refractivity contribution in [3.63, 3.8) is 0 Å². The molecule has 0 bridgehead atoms. The third-order valence-electron chi connectivity index (χ3n) is 9.44. The minimum atomic E-state index is -0.455. The summed E-state index contributed by atoms with van der Waals surface area (Å²) >= 11 is 1.86. The van der Waals surface area contributed by atoms with E-state index in [1.807, 2.05) is 36.0 Å². The Hall–Kier alpha value is -5.77. The molecule has 0 saturated carbocycles. The maximum atomic E-state index is 5.10. The van der Waals surface area contributed by atoms with Crippen LogP contribution in [0.4, 0.5) is 0 Å². The van der Waals surface area contributed by atoms with E-state index in [2.05, 4.69) is 158 Å². The van der Waals surface area contributed by atoms with Crippen LogP contribution in [0.3, 0.4) is 0 Å². The number of nitrogens with zero attached hydrogens (tertiary/aromatic N) is 2. The zero-order valence-electron chi connectivity index (χ0n) is 26.1. The number of hydrogen-bond donors (Lipinski definition) is 0. The first-order valence-electron chi connectivity index (χ1n) is 16.2. The second kappa shape index (κ2) is 11.8. The zero-order chi connectivity index (χ0) is 31.9. The van der Waals surface area contributed by atoms with Gasteiger partial charge in [-0.3, -0.25) is 0 Å². The Balaban J connectivity index is 1.20. The van der Waals surface area contributed by atoms with Crippen molar-refractivity contribution >= 4 is 22.7 Å². The van der Waals surface area contributed by atoms with Gasteiger partial charge in [-0.05, 0) is 57.6 Å². The van der Waals surface area contributed by atoms with Gasteiger partial charge in [-0.15, -0.1) is 0 Å². The number of benzene rings is 7. The van der Waals surface area contributed by atoms with E-state index in [4.69, 9.17) is 9.97 Å². The second-order valence-corrected chi connectivity index (χ2v) is 13.2. The molecule has 0 amide bonds. The molecule has 1 aliphatic heterocycles. The Kier molecular flexibility index (Phi) is 6.99. The third kappa shape index (κ3) is 4.66. The van der Waals surface area contributed by atoms with Gasteiger partial charge in [0.15, 0.2) is 5.82 Å². The highest BCUT2D eigenvalue weighted by Gasteiger charge is 2.44. The summed E-state index contributed by atoms with van der Waals surface area (Å²) in [7, 11) is 0. The molecule has 0 aliphatic carbocycles. The topological polar surface area (TPSA) is 25.8 Å². The number of aromatic nitrogens is 2. The third-order valence-corrected chi connectivity index (χ3v) is 10.6. The van der Waals surface area contributed by atoms with Gasteiger partial charge in [0, 0.05) is 26.3 Å². The Labute approximate surface area is 284 Å². The molecule has 9 rings (SSSR count). The quantitative estimate of drug-likeness (QED) is 0.189. The smallest absolute Gasteiger partial charge is 0.160 e. The van der Waals surface area contributed by atoms with E-state index in [0.29, 0.717) is 0 Å². The van der Waals surface area contributed by atoms with Gasteiger partial charge < -0.3 is 0 Å². The van der Waals surface area contributed by atoms with Crippen molar-refractivity contribution in [3.8, 4) is 33.8 Å². The van der Waals surface area contributed by atoms with E-state index in [9.17, 15) is 0 Å². The van der Waals surface area contributed by atoms with E-state index in [1.54, 1.807) is 0 Å². The van der Waals surface area contributed by atoms with Gasteiger partial charge in [0.05, 0.1) is 16.6 Å². The number of fused-ring (bicyclic) bond motifs is 3. The Morgan fingerprint density at radius 1 is 0.396 bits per heavy atom. The molecule has 1 aromatic heterocycles. The largest absolute Gasteiger partial charge is 0.228 e. The molecular weight excluding hydrogens is 601 g/mol. The molecular formula is C45H30N2S. The molecule has 3 heteroatoms. The van der Waals surface area contributed by atoms with Crippen LogP contribution in [0.2, 0.25) is 0 Å². The maximum absolute atomic E-state index is 5.10. The van der Waals surface area contributed by atoms with Crippen LogP contribution in [-0.4, -0.2) is 9.97 Å². The van der Waals surface area contributed by atoms with Crippen LogP contribution in [0.25, 0.3) is 44.7 Å². The lowest BCUT2D eigenvalue weighted by molar-refractivity contribution is 0.703. The molecule has 0 atom stereocenters. The molecule has 0 spiro atoms. The van der Waals surface area contributed by atoms with Crippen LogP contribution in [0.5, 0.6) is 0 Å². The fourth-order valence-corrected chi connectivity index (χ4v) is 8.39. The zero-order valence-corrected chi connectivity index (χ0v) is 26.9. The fourth-order valence-electron chi connectivity index (χ4n) is 7.22. The number of hydrogen-bond acceptors (Lipinski definition) is 3. The predicted molar refractivity (Wildman–Crippen MR) is 198 cm³/mol. The monoisotopic (exact) mass is 630 g/mol. The number of rotatable bonds is 5. The second-order valence-electron chi connectivity index (χ2n) is 12.1. The fraction of sp³-hybridized carbons (Fsp3) is 0.0222. The standard InChI is InChI=1S/C45H30N2S/c1-4-14-33(15-5-1)44-46-40-22-12-10-20-37(40)43(47-44)32-26-24-31(25-27-32)34-28-29-42-39(30-34)45(35-16-6-2-7-17-35,36-18-8-3-9-19-36)38-21-11-13-23-41(38)48-42/h1-30H. The summed E-state index contributed by atoms with van der Waals surface area (Å²) in [5.74, 6) is 0.735. The summed E-state index contributed by atoms with van der Waals surface area (Å²) in [4.78, 5) is 12.6. The lowest BCUT2D eigenvalue weighted by Crippen LogP contribution is -2.34. The summed E-state index contributed by atoms with van der Waals surface area (Å²) in [6.07, 6.45) is 0. The molecule has 0 fully saturated rings. The molecule has 226 valence electrons. The summed E-state index contributed by atoms with van der Waals surface area (Å²) in [5, 5.41) is 1.05. The SMILES string of the molecule is c1ccc(-c2nc(-c3ccc(-c4ccc5c(c4)C(c4ccccc4)(c4ccccc4)c4ccccc4S5)cc3)c3ccccc3n2)cc1. The van der Waals surface area contributed by atoms with Crippen molar-refractivity contribution in [1.29, 1.82) is 0 Å². The summed E-state index contributed by atoms with van der Waals surface area (Å²) in [6, 6.07) is 65.2. The van der Waals surface area contributed by atoms with Crippen LogP contribution in [0, 0.1) is 0 Å². The van der Waals surface area contributed by atoms with Crippen molar-refractivity contribution in [3.05, 3.63) is 204 Å². The van der Waals surface area contributed by atoms with Crippen molar-refractivity contribution in [2.24, 2.45) is 0 Å². The normalized spacial score (nSPS) is 13.1. The summed E-state index contributed by atoms with van der Waals surface area (Å²) in [6.45, 7) is 0. The molecule has 0 radical (unpaired) electrons. The minimum Gasteiger partial charge on any atom is -0.228 e. The van der Waals surface area contributed by atoms with E-state index < -0.39 is 5.41 Å². The van der Waals surface area contributed by atoms with Crippen LogP contribution < -0.4 is 0 Å². The molecule has 1 aliphatic rings. The average Bonchev–Trinajstić information content (AvgIpc) is 3.17. The number of para-hydroxylation sites is 1. The van der Waals surface area contributed by atoms with E-state index in [0.717, 1.165) is 33.5 Å². The van der Waals surface area contributed by atoms with Gasteiger partial charge >= 0.3 is 0 Å². The highest BCUT2D eigenvalue weighted by Crippen LogP contribution is 2.56. The van der Waals surface area contributed by atoms with E-state index >= 15 is 0 Å². The molecule has 0 unspecified atom stereocenters. The first kappa shape index (κ1) is 28.5. The highest BCUT2D eigenvalue weighted by molar-refractivity contribution is 7.99. The molecule has 2 heterocycles. The molecule has 48 heavy (non-hydrogen) atoms. The molecule has 2 nitrogen and oxygen atoms in total. The molecule has 0 saturated heterocycles. The van der Waals surface area contributed by atoms with Crippen LogP contribution in [-0.2, 0) is 5.41 Å². The lowest BCUT2D eigenvalue weighted by atomic mass is 9.64. The molecule has 0 N–H and O–H groups in total. The molecule has 7 aromatic carbocycles. The van der Waals surface area contributed by atoms with Crippen molar-refractivity contribution in [2.45, 2.75) is 15.2 Å². The first-order valence-corrected chi connectivity index (χ1v) is 17.1. The van der Waals surface area contributed by atoms with Gasteiger partial charge in [0.2, 0.25) is 0 Å². The minimum absolute atomic E-state index is 0.455. The van der Waals surface area contributed by atoms with Gasteiger partial charge in [-0.1, -0.05) is 169 Å². The highest BCUT2D eigenvalue weighted by atomic mass is 32.2. The van der Waals surface area contributed by atoms with Gasteiger partial charge in [0.1, 0.15) is 0 Å². The van der Waals surface area contributed by atoms with Crippen LogP contribution in [0.1, 0.15) is 22.3 Å². The van der Waals surface area contributed by atoms with Crippen LogP contribution >= 0.6 is 11.8 Å². The van der Waals surface area contributed by atoms with Gasteiger partial charge in [0.25, 0.3) is 0 Å². The van der Waals surface area contributed by atoms with Gasteiger partial charge in [-0.25, -0.2) is 9.97 Å². The average molecular weight is 631 g/mol. The van der Waals surface area contributed by atoms with Crippen molar-refractivity contribution in [2.75, 3.05) is 0 Å².